The van der Waals surface area contributed by atoms with E-state index in [4.69, 9.17) is 27.9 Å². The lowest BCUT2D eigenvalue weighted by atomic mass is 10.0. The Balaban J connectivity index is 2.15. The van der Waals surface area contributed by atoms with Crippen LogP contribution in [0, 0.1) is 6.92 Å². The van der Waals surface area contributed by atoms with Gasteiger partial charge in [-0.25, -0.2) is 9.78 Å². The van der Waals surface area contributed by atoms with Gasteiger partial charge in [0.1, 0.15) is 5.69 Å². The number of hydrogen-bond donors (Lipinski definition) is 1. The molecule has 0 fully saturated rings. The maximum absolute atomic E-state index is 12.6. The van der Waals surface area contributed by atoms with Gasteiger partial charge in [-0.05, 0) is 36.6 Å². The minimum Gasteiger partial charge on any atom is -0.465 e. The largest absolute Gasteiger partial charge is 0.465 e. The first-order valence-corrected chi connectivity index (χ1v) is 8.26. The summed E-state index contributed by atoms with van der Waals surface area (Å²) in [5.74, 6) is -1.01. The number of ether oxygens (including phenoxy) is 1. The van der Waals surface area contributed by atoms with Crippen molar-refractivity contribution in [1.82, 2.24) is 9.97 Å². The van der Waals surface area contributed by atoms with Crippen LogP contribution in [0.15, 0.2) is 36.7 Å². The molecule has 0 unspecified atom stereocenters. The molecule has 0 spiro atoms. The number of methoxy groups -OCH3 is 1. The number of carbonyl (C=O) groups excluding carboxylic acids is 2. The van der Waals surface area contributed by atoms with Crippen LogP contribution in [0.5, 0.6) is 0 Å². The molecule has 1 aromatic heterocycles. The van der Waals surface area contributed by atoms with Crippen molar-refractivity contribution in [3.8, 4) is 0 Å². The van der Waals surface area contributed by atoms with Gasteiger partial charge in [0.2, 0.25) is 0 Å². The number of esters is 1. The van der Waals surface area contributed by atoms with E-state index in [0.717, 1.165) is 0 Å². The van der Waals surface area contributed by atoms with Crippen LogP contribution in [0.4, 0.5) is 5.69 Å². The third-order valence-corrected chi connectivity index (χ3v) is 4.25. The van der Waals surface area contributed by atoms with Crippen LogP contribution in [0.2, 0.25) is 10.0 Å². The molecule has 3 aromatic rings. The molecule has 0 atom stereocenters. The minimum absolute atomic E-state index is 0.175. The molecule has 6 nitrogen and oxygen atoms in total. The van der Waals surface area contributed by atoms with Crippen LogP contribution in [0.25, 0.3) is 10.8 Å². The number of nitrogens with one attached hydrogen (secondary N) is 1. The molecule has 132 valence electrons. The number of aryl methyl sites for hydroxylation is 1. The predicted molar refractivity (Wildman–Crippen MR) is 100 cm³/mol. The van der Waals surface area contributed by atoms with Crippen molar-refractivity contribution in [2.24, 2.45) is 0 Å². The number of fused-ring (bicyclic) bond motifs is 1. The van der Waals surface area contributed by atoms with E-state index in [2.05, 4.69) is 15.3 Å². The quantitative estimate of drug-likeness (QED) is 0.675. The summed E-state index contributed by atoms with van der Waals surface area (Å²) in [6.07, 6.45) is 2.93. The zero-order valence-corrected chi connectivity index (χ0v) is 15.4. The van der Waals surface area contributed by atoms with Crippen LogP contribution < -0.4 is 5.32 Å². The lowest BCUT2D eigenvalue weighted by Crippen LogP contribution is -2.16. The van der Waals surface area contributed by atoms with Gasteiger partial charge in [-0.1, -0.05) is 23.2 Å². The van der Waals surface area contributed by atoms with Gasteiger partial charge in [-0.2, -0.15) is 0 Å². The van der Waals surface area contributed by atoms with E-state index in [-0.39, 0.29) is 11.3 Å². The Hall–Kier alpha value is -2.70. The summed E-state index contributed by atoms with van der Waals surface area (Å²) in [6.45, 7) is 1.68. The molecule has 0 aliphatic carbocycles. The third-order valence-electron chi connectivity index (χ3n) is 3.73. The molecule has 0 bridgehead atoms. The fourth-order valence-corrected chi connectivity index (χ4v) is 3.19. The Kier molecular flexibility index (Phi) is 5.06. The first-order chi connectivity index (χ1) is 12.4. The van der Waals surface area contributed by atoms with Crippen molar-refractivity contribution < 1.29 is 14.3 Å². The molecule has 3 rings (SSSR count). The van der Waals surface area contributed by atoms with Crippen molar-refractivity contribution in [2.75, 3.05) is 12.4 Å². The SMILES string of the molecule is COC(=O)c1cc(NC(=O)c2nccnc2C)c2c(Cl)cc(Cl)cc2c1. The fourth-order valence-electron chi connectivity index (χ4n) is 2.57. The lowest BCUT2D eigenvalue weighted by Gasteiger charge is -2.13. The van der Waals surface area contributed by atoms with Crippen LogP contribution in [0.3, 0.4) is 0 Å². The van der Waals surface area contributed by atoms with Crippen molar-refractivity contribution >= 4 is 51.5 Å². The predicted octanol–water partition coefficient (Wildman–Crippen LogP) is 4.28. The zero-order chi connectivity index (χ0) is 18.8. The molecule has 0 saturated carbocycles. The second-order valence-corrected chi connectivity index (χ2v) is 6.29. The van der Waals surface area contributed by atoms with Crippen LogP contribution in [0.1, 0.15) is 26.5 Å². The number of benzene rings is 2. The molecule has 8 heteroatoms. The van der Waals surface area contributed by atoms with Crippen molar-refractivity contribution in [3.63, 3.8) is 0 Å². The monoisotopic (exact) mass is 389 g/mol. The Morgan fingerprint density at radius 1 is 1.08 bits per heavy atom. The third kappa shape index (κ3) is 3.47. The first kappa shape index (κ1) is 18.1. The highest BCUT2D eigenvalue weighted by molar-refractivity contribution is 6.40. The Labute approximate surface area is 159 Å². The van der Waals surface area contributed by atoms with Gasteiger partial charge >= 0.3 is 5.97 Å². The van der Waals surface area contributed by atoms with Gasteiger partial charge < -0.3 is 10.1 Å². The summed E-state index contributed by atoms with van der Waals surface area (Å²) >= 11 is 12.4. The summed E-state index contributed by atoms with van der Waals surface area (Å²) < 4.78 is 4.77. The summed E-state index contributed by atoms with van der Waals surface area (Å²) in [5.41, 5.74) is 1.26. The molecule has 0 saturated heterocycles. The highest BCUT2D eigenvalue weighted by atomic mass is 35.5. The molecular weight excluding hydrogens is 377 g/mol. The average molecular weight is 390 g/mol. The van der Waals surface area contributed by atoms with Crippen molar-refractivity contribution in [1.29, 1.82) is 0 Å². The molecule has 1 heterocycles. The minimum atomic E-state index is -0.547. The highest BCUT2D eigenvalue weighted by Crippen LogP contribution is 2.35. The Morgan fingerprint density at radius 2 is 1.81 bits per heavy atom. The number of hydrogen-bond acceptors (Lipinski definition) is 5. The number of halogens is 2. The van der Waals surface area contributed by atoms with Gasteiger partial charge in [0.15, 0.2) is 0 Å². The number of rotatable bonds is 3. The molecular formula is C18H13Cl2N3O3. The van der Waals surface area contributed by atoms with Crippen LogP contribution >= 0.6 is 23.2 Å². The second-order valence-electron chi connectivity index (χ2n) is 5.45. The van der Waals surface area contributed by atoms with Crippen LogP contribution in [-0.4, -0.2) is 29.0 Å². The smallest absolute Gasteiger partial charge is 0.337 e. The van der Waals surface area contributed by atoms with Gasteiger partial charge in [-0.15, -0.1) is 0 Å². The van der Waals surface area contributed by atoms with Crippen molar-refractivity contribution in [3.05, 3.63) is 63.7 Å². The topological polar surface area (TPSA) is 81.2 Å². The standard InChI is InChI=1S/C18H13Cl2N3O3/c1-9-16(22-4-3-21-9)17(24)23-14-7-11(18(25)26-2)5-10-6-12(19)8-13(20)15(10)14/h3-8H,1-2H3,(H,23,24). The number of anilines is 1. The second kappa shape index (κ2) is 7.27. The molecule has 1 amide bonds. The van der Waals surface area contributed by atoms with E-state index in [1.54, 1.807) is 25.1 Å². The first-order valence-electron chi connectivity index (χ1n) is 7.50. The number of aromatic nitrogens is 2. The molecule has 0 aliphatic rings. The molecule has 26 heavy (non-hydrogen) atoms. The van der Waals surface area contributed by atoms with E-state index in [0.29, 0.717) is 32.2 Å². The maximum atomic E-state index is 12.6. The van der Waals surface area contributed by atoms with Crippen LogP contribution in [-0.2, 0) is 4.74 Å². The fraction of sp³-hybridized carbons (Fsp3) is 0.111. The number of carbonyl (C=O) groups is 2. The Bertz CT molecular complexity index is 1040. The van der Waals surface area contributed by atoms with E-state index >= 15 is 0 Å². The summed E-state index contributed by atoms with van der Waals surface area (Å²) in [4.78, 5) is 32.7. The summed E-state index contributed by atoms with van der Waals surface area (Å²) in [7, 11) is 1.28. The van der Waals surface area contributed by atoms with E-state index in [1.807, 2.05) is 0 Å². The molecule has 0 aliphatic heterocycles. The lowest BCUT2D eigenvalue weighted by molar-refractivity contribution is 0.0600. The Morgan fingerprint density at radius 3 is 2.50 bits per heavy atom. The number of amides is 1. The van der Waals surface area contributed by atoms with Crippen molar-refractivity contribution in [2.45, 2.75) is 6.92 Å². The normalized spacial score (nSPS) is 10.6. The molecule has 0 radical (unpaired) electrons. The van der Waals surface area contributed by atoms with Gasteiger partial charge in [-0.3, -0.25) is 9.78 Å². The zero-order valence-electron chi connectivity index (χ0n) is 13.8. The van der Waals surface area contributed by atoms with Gasteiger partial charge in [0.25, 0.3) is 5.91 Å². The summed E-state index contributed by atoms with van der Waals surface area (Å²) in [5, 5.41) is 4.64. The van der Waals surface area contributed by atoms with E-state index in [9.17, 15) is 9.59 Å². The van der Waals surface area contributed by atoms with E-state index < -0.39 is 11.9 Å². The summed E-state index contributed by atoms with van der Waals surface area (Å²) in [6, 6.07) is 6.31. The number of nitrogens with zero attached hydrogens (tertiary/aromatic N) is 2. The average Bonchev–Trinajstić information content (AvgIpc) is 2.60. The van der Waals surface area contributed by atoms with Gasteiger partial charge in [0.05, 0.1) is 29.1 Å². The highest BCUT2D eigenvalue weighted by Gasteiger charge is 2.17. The molecule has 2 aromatic carbocycles. The maximum Gasteiger partial charge on any atom is 0.337 e. The van der Waals surface area contributed by atoms with E-state index in [1.165, 1.54) is 25.6 Å². The van der Waals surface area contributed by atoms with Gasteiger partial charge in [0, 0.05) is 22.8 Å². The molecule has 1 N–H and O–H groups in total.